The second-order valence-corrected chi connectivity index (χ2v) is 8.90. The van der Waals surface area contributed by atoms with E-state index in [1.807, 2.05) is 27.7 Å². The number of allylic oxidation sites excluding steroid dienone is 2. The molecule has 50 heavy (non-hydrogen) atoms. The molecule has 0 fully saturated rings. The summed E-state index contributed by atoms with van der Waals surface area (Å²) >= 11 is 0. The first-order chi connectivity index (χ1) is 24.0. The lowest BCUT2D eigenvalue weighted by Gasteiger charge is -2.21. The third-order valence-corrected chi connectivity index (χ3v) is 4.42. The highest BCUT2D eigenvalue weighted by Gasteiger charge is 2.16. The smallest absolute Gasteiger partial charge is 0.407 e. The number of nitrogens with two attached hydrogens (primary N) is 2. The molecule has 0 aliphatic carbocycles. The van der Waals surface area contributed by atoms with Crippen molar-refractivity contribution in [3.63, 3.8) is 0 Å². The number of amides is 4. The maximum atomic E-state index is 12.2. The summed E-state index contributed by atoms with van der Waals surface area (Å²) in [6, 6.07) is 0. The summed E-state index contributed by atoms with van der Waals surface area (Å²) in [5.74, 6) is 5.20. The molecule has 0 aliphatic rings. The molecule has 0 rings (SSSR count). The molecule has 0 unspecified atom stereocenters. The Bertz CT molecular complexity index is 984. The number of nitrogens with one attached hydrogen (secondary N) is 2. The van der Waals surface area contributed by atoms with Gasteiger partial charge in [-0.3, -0.25) is 9.59 Å². The number of hydrogen-bond donors (Lipinski definition) is 4. The quantitative estimate of drug-likeness (QED) is 0.0853. The number of alkyl carbamates (subject to hydrolysis) is 2. The fraction of sp³-hybridized carbons (Fsp3) is 0.556. The van der Waals surface area contributed by atoms with Crippen LogP contribution in [0.15, 0.2) is 47.7 Å². The van der Waals surface area contributed by atoms with Gasteiger partial charge in [0, 0.05) is 37.6 Å². The van der Waals surface area contributed by atoms with Gasteiger partial charge >= 0.3 is 12.2 Å². The molecule has 0 saturated heterocycles. The van der Waals surface area contributed by atoms with Crippen LogP contribution < -0.4 is 22.1 Å². The van der Waals surface area contributed by atoms with E-state index < -0.39 is 12.2 Å². The van der Waals surface area contributed by atoms with Gasteiger partial charge in [0.1, 0.15) is 24.8 Å². The molecule has 14 nitrogen and oxygen atoms in total. The van der Waals surface area contributed by atoms with Gasteiger partial charge in [-0.25, -0.2) is 19.6 Å². The zero-order valence-electron chi connectivity index (χ0n) is 32.3. The molecular weight excluding hydrogens is 640 g/mol. The summed E-state index contributed by atoms with van der Waals surface area (Å²) in [5, 5.41) is 4.67. The second kappa shape index (κ2) is 48.2. The molecule has 0 aromatic rings. The molecule has 0 bridgehead atoms. The fourth-order valence-corrected chi connectivity index (χ4v) is 2.70. The molecule has 0 spiro atoms. The Balaban J connectivity index is -0.000000355. The Morgan fingerprint density at radius 2 is 0.980 bits per heavy atom. The van der Waals surface area contributed by atoms with Crippen molar-refractivity contribution in [1.29, 1.82) is 0 Å². The number of nitrogens with zero attached hydrogens (tertiary/aromatic N) is 4. The molecule has 0 aromatic carbocycles. The van der Waals surface area contributed by atoms with Crippen LogP contribution in [0.2, 0.25) is 0 Å². The molecule has 4 amide bonds. The molecular formula is C36H66N8O6. The number of terminal acetylenes is 1. The predicted molar refractivity (Wildman–Crippen MR) is 208 cm³/mol. The summed E-state index contributed by atoms with van der Waals surface area (Å²) in [6.45, 7) is 23.0. The SMILES string of the molecule is C#C.C=C.CC.CCC.CCC.CCCN(CC(N)=N/C=C/C#C/C=C/N=C(N)CN(CCC)C(=O)CNC(=O)OC)C(=O)CNC(=O)OC. The Labute approximate surface area is 302 Å². The van der Waals surface area contributed by atoms with E-state index in [0.29, 0.717) is 25.9 Å². The number of aliphatic imine (C=N–C) groups is 2. The predicted octanol–water partition coefficient (Wildman–Crippen LogP) is 4.83. The molecule has 0 radical (unpaired) electrons. The number of hydrogen-bond acceptors (Lipinski definition) is 8. The topological polar surface area (TPSA) is 194 Å². The van der Waals surface area contributed by atoms with Crippen LogP contribution in [0.3, 0.4) is 0 Å². The second-order valence-electron chi connectivity index (χ2n) is 8.90. The highest BCUT2D eigenvalue weighted by molar-refractivity contribution is 5.90. The molecule has 0 atom stereocenters. The van der Waals surface area contributed by atoms with Crippen molar-refractivity contribution in [2.75, 3.05) is 53.5 Å². The number of rotatable bonds is 14. The number of carbonyl (C=O) groups excluding carboxylic acids is 4. The lowest BCUT2D eigenvalue weighted by Crippen LogP contribution is -2.44. The Kier molecular flexibility index (Phi) is 55.0. The van der Waals surface area contributed by atoms with Gasteiger partial charge in [-0.1, -0.05) is 80.1 Å². The van der Waals surface area contributed by atoms with E-state index in [2.05, 4.69) is 95.6 Å². The average molecular weight is 707 g/mol. The Hall–Kier alpha value is -5.24. The molecule has 286 valence electrons. The molecule has 6 N–H and O–H groups in total. The lowest BCUT2D eigenvalue weighted by atomic mass is 10.3. The maximum absolute atomic E-state index is 12.2. The lowest BCUT2D eigenvalue weighted by molar-refractivity contribution is -0.130. The van der Waals surface area contributed by atoms with Crippen molar-refractivity contribution in [1.82, 2.24) is 20.4 Å². The van der Waals surface area contributed by atoms with E-state index in [4.69, 9.17) is 11.5 Å². The normalized spacial score (nSPS) is 9.68. The summed E-state index contributed by atoms with van der Waals surface area (Å²) < 4.78 is 8.89. The Morgan fingerprint density at radius 3 is 1.22 bits per heavy atom. The van der Waals surface area contributed by atoms with Crippen molar-refractivity contribution in [3.8, 4) is 24.7 Å². The van der Waals surface area contributed by atoms with Crippen LogP contribution >= 0.6 is 0 Å². The summed E-state index contributed by atoms with van der Waals surface area (Å²) in [6.07, 6.45) is 16.2. The van der Waals surface area contributed by atoms with Crippen LogP contribution in [0, 0.1) is 24.7 Å². The van der Waals surface area contributed by atoms with Crippen molar-refractivity contribution in [2.24, 2.45) is 21.5 Å². The summed E-state index contributed by atoms with van der Waals surface area (Å²) in [4.78, 5) is 57.8. The van der Waals surface area contributed by atoms with Crippen LogP contribution in [0.25, 0.3) is 0 Å². The van der Waals surface area contributed by atoms with Gasteiger partial charge in [-0.2, -0.15) is 0 Å². The first kappa shape index (κ1) is 57.1. The van der Waals surface area contributed by atoms with Crippen LogP contribution in [0.4, 0.5) is 9.59 Å². The van der Waals surface area contributed by atoms with Crippen LogP contribution in [0.5, 0.6) is 0 Å². The zero-order chi connectivity index (χ0) is 40.2. The van der Waals surface area contributed by atoms with E-state index in [1.165, 1.54) is 61.4 Å². The van der Waals surface area contributed by atoms with Crippen LogP contribution in [-0.2, 0) is 19.1 Å². The number of methoxy groups -OCH3 is 2. The molecule has 0 aromatic heterocycles. The molecule has 0 aliphatic heterocycles. The van der Waals surface area contributed by atoms with Gasteiger partial charge < -0.3 is 41.4 Å². The zero-order valence-corrected chi connectivity index (χ0v) is 32.3. The number of amidine groups is 2. The minimum absolute atomic E-state index is 0.0947. The fourth-order valence-electron chi connectivity index (χ4n) is 2.70. The minimum atomic E-state index is -0.695. The van der Waals surface area contributed by atoms with E-state index in [1.54, 1.807) is 0 Å². The van der Waals surface area contributed by atoms with E-state index in [-0.39, 0.29) is 49.7 Å². The van der Waals surface area contributed by atoms with E-state index >= 15 is 0 Å². The van der Waals surface area contributed by atoms with E-state index in [9.17, 15) is 19.2 Å². The van der Waals surface area contributed by atoms with Crippen LogP contribution in [-0.4, -0.2) is 99.0 Å². The van der Waals surface area contributed by atoms with E-state index in [0.717, 1.165) is 0 Å². The average Bonchev–Trinajstić information content (AvgIpc) is 3.13. The maximum Gasteiger partial charge on any atom is 0.407 e. The van der Waals surface area contributed by atoms with Crippen LogP contribution in [0.1, 0.15) is 81.1 Å². The van der Waals surface area contributed by atoms with Gasteiger partial charge in [0.15, 0.2) is 0 Å². The Morgan fingerprint density at radius 1 is 0.700 bits per heavy atom. The third-order valence-electron chi connectivity index (χ3n) is 4.42. The minimum Gasteiger partial charge on any atom is -0.453 e. The summed E-state index contributed by atoms with van der Waals surface area (Å²) in [7, 11) is 2.42. The van der Waals surface area contributed by atoms with Gasteiger partial charge in [0.2, 0.25) is 11.8 Å². The van der Waals surface area contributed by atoms with Crippen molar-refractivity contribution < 1.29 is 28.7 Å². The molecule has 0 saturated carbocycles. The van der Waals surface area contributed by atoms with Crippen molar-refractivity contribution in [2.45, 2.75) is 81.1 Å². The first-order valence-corrected chi connectivity index (χ1v) is 16.5. The van der Waals surface area contributed by atoms with Crippen molar-refractivity contribution >= 4 is 35.7 Å². The molecule has 0 heterocycles. The van der Waals surface area contributed by atoms with Gasteiger partial charge in [0.25, 0.3) is 0 Å². The van der Waals surface area contributed by atoms with Gasteiger partial charge in [-0.15, -0.1) is 26.0 Å². The number of carbonyl (C=O) groups is 4. The third kappa shape index (κ3) is 42.8. The summed E-state index contributed by atoms with van der Waals surface area (Å²) in [5.41, 5.74) is 11.8. The van der Waals surface area contributed by atoms with Gasteiger partial charge in [0.05, 0.1) is 27.3 Å². The largest absolute Gasteiger partial charge is 0.453 e. The molecule has 14 heteroatoms. The van der Waals surface area contributed by atoms with Crippen molar-refractivity contribution in [3.05, 3.63) is 37.7 Å². The standard InChI is InChI=1S/C24H38N8O6.2C3H8.C2H6.C2H4.C2H2/c1-5-13-31(21(33)15-29-23(35)37-3)17-19(25)27-11-9-7-8-10-12-28-20(26)18-32(14-6-2)22(34)16-30-24(36)38-4;2*1-3-2;3*1-2/h9-12H,5-6,13-18H2,1-4H3,(H2,25,27)(H2,26,28)(H,29,35)(H,30,36);2*3H2,1-2H3;1-2H3;1-2H2;1-2H/b11-9+,12-10+;;;;;. The van der Waals surface area contributed by atoms with Gasteiger partial charge in [-0.05, 0) is 12.8 Å². The monoisotopic (exact) mass is 707 g/mol. The highest BCUT2D eigenvalue weighted by atomic mass is 16.5. The first-order valence-electron chi connectivity index (χ1n) is 16.5. The number of ether oxygens (including phenoxy) is 2. The highest BCUT2D eigenvalue weighted by Crippen LogP contribution is 1.95.